The maximum absolute atomic E-state index is 13.7. The molecule has 0 saturated heterocycles. The molecule has 19 heavy (non-hydrogen) atoms. The molecular formula is C10H13ClFNO4S2. The highest BCUT2D eigenvalue weighted by atomic mass is 35.7. The largest absolute Gasteiger partial charge is 0.261 e. The van der Waals surface area contributed by atoms with Gasteiger partial charge in [0, 0.05) is 16.2 Å². The molecule has 0 atom stereocenters. The average Bonchev–Trinajstić information content (AvgIpc) is 2.11. The van der Waals surface area contributed by atoms with Gasteiger partial charge in [-0.15, -0.1) is 0 Å². The lowest BCUT2D eigenvalue weighted by Gasteiger charge is -2.20. The lowest BCUT2D eigenvalue weighted by Crippen LogP contribution is -2.40. The third-order valence-electron chi connectivity index (χ3n) is 1.91. The summed E-state index contributed by atoms with van der Waals surface area (Å²) in [5.41, 5.74) is -0.789. The summed E-state index contributed by atoms with van der Waals surface area (Å²) in [5.74, 6) is -1.18. The van der Waals surface area contributed by atoms with E-state index in [2.05, 4.69) is 4.72 Å². The Balaban J connectivity index is 3.32. The fraction of sp³-hybridized carbons (Fsp3) is 0.400. The summed E-state index contributed by atoms with van der Waals surface area (Å²) in [6, 6.07) is 2.36. The fourth-order valence-corrected chi connectivity index (χ4v) is 3.55. The summed E-state index contributed by atoms with van der Waals surface area (Å²) in [7, 11) is -3.14. The molecule has 1 N–H and O–H groups in total. The van der Waals surface area contributed by atoms with E-state index in [1.807, 2.05) is 0 Å². The number of benzene rings is 1. The molecule has 0 amide bonds. The molecule has 5 nitrogen and oxygen atoms in total. The van der Waals surface area contributed by atoms with E-state index < -0.39 is 40.2 Å². The van der Waals surface area contributed by atoms with Gasteiger partial charge >= 0.3 is 0 Å². The van der Waals surface area contributed by atoms with E-state index in [4.69, 9.17) is 10.7 Å². The topological polar surface area (TPSA) is 80.3 Å². The van der Waals surface area contributed by atoms with E-state index in [1.54, 1.807) is 20.8 Å². The van der Waals surface area contributed by atoms with Gasteiger partial charge in [0.2, 0.25) is 10.0 Å². The lowest BCUT2D eigenvalue weighted by atomic mass is 10.1. The van der Waals surface area contributed by atoms with Gasteiger partial charge < -0.3 is 0 Å². The molecule has 0 radical (unpaired) electrons. The van der Waals surface area contributed by atoms with Crippen LogP contribution in [0.25, 0.3) is 0 Å². The summed E-state index contributed by atoms with van der Waals surface area (Å²) in [6.45, 7) is 4.79. The molecule has 0 spiro atoms. The molecule has 0 aromatic heterocycles. The second kappa shape index (κ2) is 5.01. The summed E-state index contributed by atoms with van der Waals surface area (Å²) < 4.78 is 61.8. The second-order valence-electron chi connectivity index (χ2n) is 4.89. The van der Waals surface area contributed by atoms with Gasteiger partial charge in [0.1, 0.15) is 10.7 Å². The first-order valence-electron chi connectivity index (χ1n) is 5.11. The Bertz CT molecular complexity index is 693. The molecule has 0 bridgehead atoms. The molecule has 1 aromatic carbocycles. The highest BCUT2D eigenvalue weighted by Crippen LogP contribution is 2.22. The van der Waals surface area contributed by atoms with Crippen molar-refractivity contribution in [1.29, 1.82) is 0 Å². The van der Waals surface area contributed by atoms with Crippen molar-refractivity contribution in [2.24, 2.45) is 0 Å². The standard InChI is InChI=1S/C10H13ClFNO4S2/c1-10(2,3)13-19(16,17)9-5-4-7(6-8(9)12)18(11,14)15/h4-6,13H,1-3H3. The van der Waals surface area contributed by atoms with E-state index in [-0.39, 0.29) is 0 Å². The first-order chi connectivity index (χ1) is 8.33. The molecular weight excluding hydrogens is 317 g/mol. The normalized spacial score (nSPS) is 13.5. The minimum atomic E-state index is -4.11. The van der Waals surface area contributed by atoms with Gasteiger partial charge in [-0.3, -0.25) is 0 Å². The Morgan fingerprint density at radius 3 is 2.05 bits per heavy atom. The summed E-state index contributed by atoms with van der Waals surface area (Å²) in [4.78, 5) is -1.13. The van der Waals surface area contributed by atoms with Crippen molar-refractivity contribution >= 4 is 29.8 Å². The van der Waals surface area contributed by atoms with Crippen LogP contribution in [-0.2, 0) is 19.1 Å². The zero-order valence-corrected chi connectivity index (χ0v) is 12.8. The second-order valence-corrected chi connectivity index (χ2v) is 9.10. The SMILES string of the molecule is CC(C)(C)NS(=O)(=O)c1ccc(S(=O)(=O)Cl)cc1F. The molecule has 0 unspecified atom stereocenters. The number of hydrogen-bond acceptors (Lipinski definition) is 4. The Labute approximate surface area is 116 Å². The van der Waals surface area contributed by atoms with Crippen LogP contribution in [0.3, 0.4) is 0 Å². The van der Waals surface area contributed by atoms with Crippen molar-refractivity contribution < 1.29 is 21.2 Å². The predicted molar refractivity (Wildman–Crippen MR) is 69.5 cm³/mol. The Kier molecular flexibility index (Phi) is 4.31. The zero-order chi connectivity index (χ0) is 15.1. The molecule has 0 saturated carbocycles. The third-order valence-corrected chi connectivity index (χ3v) is 5.06. The van der Waals surface area contributed by atoms with Crippen LogP contribution < -0.4 is 4.72 Å². The smallest absolute Gasteiger partial charge is 0.207 e. The summed E-state index contributed by atoms with van der Waals surface area (Å²) in [6.07, 6.45) is 0. The van der Waals surface area contributed by atoms with Crippen molar-refractivity contribution in [3.8, 4) is 0 Å². The molecule has 1 rings (SSSR count). The Morgan fingerprint density at radius 2 is 1.68 bits per heavy atom. The van der Waals surface area contributed by atoms with Crippen LogP contribution >= 0.6 is 10.7 Å². The van der Waals surface area contributed by atoms with Crippen molar-refractivity contribution in [2.45, 2.75) is 36.1 Å². The van der Waals surface area contributed by atoms with Crippen molar-refractivity contribution in [3.05, 3.63) is 24.0 Å². The lowest BCUT2D eigenvalue weighted by molar-refractivity contribution is 0.486. The molecule has 9 heteroatoms. The van der Waals surface area contributed by atoms with E-state index >= 15 is 0 Å². The van der Waals surface area contributed by atoms with Gasteiger partial charge in [0.15, 0.2) is 0 Å². The number of halogens is 2. The highest BCUT2D eigenvalue weighted by Gasteiger charge is 2.26. The molecule has 0 aliphatic rings. The minimum Gasteiger partial charge on any atom is -0.207 e. The average molecular weight is 330 g/mol. The maximum Gasteiger partial charge on any atom is 0.261 e. The Hall–Kier alpha value is -0.700. The first kappa shape index (κ1) is 16.4. The number of sulfonamides is 1. The quantitative estimate of drug-likeness (QED) is 0.858. The van der Waals surface area contributed by atoms with Gasteiger partial charge in [-0.1, -0.05) is 0 Å². The van der Waals surface area contributed by atoms with E-state index in [9.17, 15) is 21.2 Å². The maximum atomic E-state index is 13.7. The van der Waals surface area contributed by atoms with Crippen LogP contribution in [0.5, 0.6) is 0 Å². The molecule has 0 aliphatic carbocycles. The number of nitrogens with one attached hydrogen (secondary N) is 1. The van der Waals surface area contributed by atoms with Crippen LogP contribution in [-0.4, -0.2) is 22.4 Å². The molecule has 0 heterocycles. The molecule has 108 valence electrons. The van der Waals surface area contributed by atoms with E-state index in [0.29, 0.717) is 6.07 Å². The highest BCUT2D eigenvalue weighted by molar-refractivity contribution is 8.13. The van der Waals surface area contributed by atoms with Crippen LogP contribution in [0.15, 0.2) is 28.0 Å². The van der Waals surface area contributed by atoms with Gasteiger partial charge in [0.25, 0.3) is 9.05 Å². The van der Waals surface area contributed by atoms with Crippen molar-refractivity contribution in [1.82, 2.24) is 4.72 Å². The number of hydrogen-bond donors (Lipinski definition) is 1. The monoisotopic (exact) mass is 329 g/mol. The summed E-state index contributed by atoms with van der Waals surface area (Å²) >= 11 is 0. The first-order valence-corrected chi connectivity index (χ1v) is 8.90. The molecule has 0 aliphatic heterocycles. The predicted octanol–water partition coefficient (Wildman–Crippen LogP) is 1.83. The van der Waals surface area contributed by atoms with Gasteiger partial charge in [0.05, 0.1) is 4.90 Å². The van der Waals surface area contributed by atoms with E-state index in [0.717, 1.165) is 12.1 Å². The van der Waals surface area contributed by atoms with Crippen molar-refractivity contribution in [2.75, 3.05) is 0 Å². The third kappa shape index (κ3) is 4.41. The minimum absolute atomic E-state index is 0.499. The van der Waals surface area contributed by atoms with Crippen LogP contribution in [0, 0.1) is 5.82 Å². The molecule has 1 aromatic rings. The fourth-order valence-electron chi connectivity index (χ4n) is 1.31. The summed E-state index contributed by atoms with van der Waals surface area (Å²) in [5, 5.41) is 0. The molecule has 0 fully saturated rings. The zero-order valence-electron chi connectivity index (χ0n) is 10.4. The van der Waals surface area contributed by atoms with Crippen LogP contribution in [0.1, 0.15) is 20.8 Å². The van der Waals surface area contributed by atoms with Gasteiger partial charge in [-0.05, 0) is 39.0 Å². The van der Waals surface area contributed by atoms with Crippen LogP contribution in [0.4, 0.5) is 4.39 Å². The van der Waals surface area contributed by atoms with E-state index in [1.165, 1.54) is 0 Å². The Morgan fingerprint density at radius 1 is 1.16 bits per heavy atom. The van der Waals surface area contributed by atoms with Crippen LogP contribution in [0.2, 0.25) is 0 Å². The van der Waals surface area contributed by atoms with Gasteiger partial charge in [-0.25, -0.2) is 25.9 Å². The number of rotatable bonds is 3. The van der Waals surface area contributed by atoms with Gasteiger partial charge in [-0.2, -0.15) is 0 Å². The van der Waals surface area contributed by atoms with Crippen molar-refractivity contribution in [3.63, 3.8) is 0 Å².